The molecule has 0 aliphatic carbocycles. The molecule has 2 bridgehead atoms. The summed E-state index contributed by atoms with van der Waals surface area (Å²) >= 11 is 0. The summed E-state index contributed by atoms with van der Waals surface area (Å²) in [6, 6.07) is 2.93. The van der Waals surface area contributed by atoms with Crippen molar-refractivity contribution in [1.82, 2.24) is 15.6 Å². The van der Waals surface area contributed by atoms with E-state index in [1.54, 1.807) is 12.1 Å². The zero-order chi connectivity index (χ0) is 26.3. The van der Waals surface area contributed by atoms with Gasteiger partial charge in [-0.2, -0.15) is 4.98 Å². The van der Waals surface area contributed by atoms with Crippen LogP contribution in [-0.4, -0.2) is 53.7 Å². The van der Waals surface area contributed by atoms with Gasteiger partial charge in [0.05, 0.1) is 18.8 Å². The van der Waals surface area contributed by atoms with Gasteiger partial charge in [-0.15, -0.1) is 0 Å². The van der Waals surface area contributed by atoms with Crippen molar-refractivity contribution < 1.29 is 19.4 Å². The van der Waals surface area contributed by atoms with Gasteiger partial charge in [0.2, 0.25) is 11.8 Å². The summed E-state index contributed by atoms with van der Waals surface area (Å²) in [6.07, 6.45) is 8.85. The quantitative estimate of drug-likeness (QED) is 0.364. The van der Waals surface area contributed by atoms with Crippen molar-refractivity contribution in [2.45, 2.75) is 104 Å². The zero-order valence-corrected chi connectivity index (χ0v) is 22.8. The fourth-order valence-corrected chi connectivity index (χ4v) is 4.62. The third-order valence-electron chi connectivity index (χ3n) is 6.85. The van der Waals surface area contributed by atoms with Crippen molar-refractivity contribution in [3.05, 3.63) is 17.7 Å². The summed E-state index contributed by atoms with van der Waals surface area (Å²) in [6.45, 7) is 9.87. The Kier molecular flexibility index (Phi) is 13.6. The van der Waals surface area contributed by atoms with Gasteiger partial charge in [-0.3, -0.25) is 9.59 Å². The third kappa shape index (κ3) is 10.7. The number of amides is 2. The molecule has 2 unspecified atom stereocenters. The molecule has 8 nitrogen and oxygen atoms in total. The summed E-state index contributed by atoms with van der Waals surface area (Å²) in [5.74, 6) is 0.689. The van der Waals surface area contributed by atoms with E-state index in [0.717, 1.165) is 45.1 Å². The number of pyridine rings is 1. The normalized spacial score (nSPS) is 21.5. The van der Waals surface area contributed by atoms with Gasteiger partial charge in [-0.05, 0) is 44.6 Å². The number of fused-ring (bicyclic) bond motifs is 2. The molecule has 204 valence electrons. The number of ether oxygens (including phenoxy) is 1. The lowest BCUT2D eigenvalue weighted by Gasteiger charge is -2.28. The monoisotopic (exact) mass is 504 g/mol. The minimum Gasteiger partial charge on any atom is -0.478 e. The molecule has 0 saturated carbocycles. The highest BCUT2D eigenvalue weighted by molar-refractivity contribution is 5.95. The van der Waals surface area contributed by atoms with Gasteiger partial charge < -0.3 is 25.8 Å². The van der Waals surface area contributed by atoms with Crippen LogP contribution in [0, 0.1) is 11.8 Å². The minimum atomic E-state index is -0.826. The van der Waals surface area contributed by atoms with Crippen LogP contribution < -0.4 is 20.7 Å². The summed E-state index contributed by atoms with van der Waals surface area (Å²) in [5, 5.41) is 20.5. The van der Waals surface area contributed by atoms with Gasteiger partial charge in [-0.1, -0.05) is 59.3 Å². The van der Waals surface area contributed by atoms with E-state index >= 15 is 0 Å². The first-order valence-corrected chi connectivity index (χ1v) is 14.0. The van der Waals surface area contributed by atoms with Gasteiger partial charge in [0.25, 0.3) is 5.91 Å². The molecule has 4 atom stereocenters. The van der Waals surface area contributed by atoms with Crippen LogP contribution in [-0.2, 0) is 4.79 Å². The Balaban J connectivity index is 2.20. The number of hydrogen-bond donors (Lipinski definition) is 4. The van der Waals surface area contributed by atoms with Gasteiger partial charge in [0.1, 0.15) is 5.82 Å². The molecule has 0 spiro atoms. The van der Waals surface area contributed by atoms with Crippen LogP contribution in [0.1, 0.15) is 102 Å². The number of carbonyl (C=O) groups is 2. The highest BCUT2D eigenvalue weighted by Crippen LogP contribution is 2.22. The molecule has 0 saturated heterocycles. The van der Waals surface area contributed by atoms with E-state index in [2.05, 4.69) is 34.8 Å². The predicted octanol–water partition coefficient (Wildman–Crippen LogP) is 4.67. The molecule has 0 aromatic carbocycles. The molecule has 1 aliphatic rings. The summed E-state index contributed by atoms with van der Waals surface area (Å²) < 4.78 is 5.60. The highest BCUT2D eigenvalue weighted by atomic mass is 16.5. The number of hydrogen-bond acceptors (Lipinski definition) is 6. The van der Waals surface area contributed by atoms with Crippen molar-refractivity contribution >= 4 is 17.6 Å². The molecular weight excluding hydrogens is 456 g/mol. The average Bonchev–Trinajstić information content (AvgIpc) is 2.84. The number of rotatable bonds is 9. The first-order valence-electron chi connectivity index (χ1n) is 14.0. The molecule has 1 aliphatic heterocycles. The number of aromatic nitrogens is 1. The molecule has 1 aromatic heterocycles. The molecule has 2 heterocycles. The molecule has 0 radical (unpaired) electrons. The Morgan fingerprint density at radius 3 is 2.72 bits per heavy atom. The smallest absolute Gasteiger partial charge is 0.251 e. The van der Waals surface area contributed by atoms with Crippen LogP contribution in [0.2, 0.25) is 0 Å². The first kappa shape index (κ1) is 29.9. The molecule has 36 heavy (non-hydrogen) atoms. The summed E-state index contributed by atoms with van der Waals surface area (Å²) in [5.41, 5.74) is 0.443. The van der Waals surface area contributed by atoms with Crippen LogP contribution >= 0.6 is 0 Å². The maximum absolute atomic E-state index is 13.3. The van der Waals surface area contributed by atoms with Crippen molar-refractivity contribution in [1.29, 1.82) is 0 Å². The largest absolute Gasteiger partial charge is 0.478 e. The van der Waals surface area contributed by atoms with Crippen molar-refractivity contribution in [2.75, 3.05) is 25.0 Å². The van der Waals surface area contributed by atoms with Gasteiger partial charge in [-0.25, -0.2) is 0 Å². The van der Waals surface area contributed by atoms with Crippen LogP contribution in [0.25, 0.3) is 0 Å². The standard InChI is InChI=1S/C28H48N4O4/c1-5-7-14-30-27(34)21(4)17-24(33)23-16-20(3)13-11-9-8-10-12-15-29-25-18-22(28(35)31-23)19-26(32-25)36-6-2/h18-21,23-24,33H,5-17H2,1-4H3,(H,29,32)(H,30,34)(H,31,35)/t20-,21?,23+,24?/m1/s1. The fourth-order valence-electron chi connectivity index (χ4n) is 4.62. The third-order valence-corrected chi connectivity index (χ3v) is 6.85. The number of carbonyl (C=O) groups excluding carboxylic acids is 2. The van der Waals surface area contributed by atoms with Crippen LogP contribution in [0.3, 0.4) is 0 Å². The van der Waals surface area contributed by atoms with E-state index in [4.69, 9.17) is 4.74 Å². The number of aliphatic hydroxyl groups is 1. The molecule has 4 N–H and O–H groups in total. The van der Waals surface area contributed by atoms with E-state index in [-0.39, 0.29) is 17.7 Å². The summed E-state index contributed by atoms with van der Waals surface area (Å²) in [7, 11) is 0. The fraction of sp³-hybridized carbons (Fsp3) is 0.750. The predicted molar refractivity (Wildman–Crippen MR) is 144 cm³/mol. The Morgan fingerprint density at radius 2 is 1.97 bits per heavy atom. The Labute approximate surface area is 217 Å². The summed E-state index contributed by atoms with van der Waals surface area (Å²) in [4.78, 5) is 30.3. The lowest BCUT2D eigenvalue weighted by Crippen LogP contribution is -2.46. The van der Waals surface area contributed by atoms with E-state index < -0.39 is 12.1 Å². The second-order valence-electron chi connectivity index (χ2n) is 10.3. The molecule has 1 aromatic rings. The number of unbranched alkanes of at least 4 members (excludes halogenated alkanes) is 1. The molecule has 8 heteroatoms. The van der Waals surface area contributed by atoms with Crippen LogP contribution in [0.4, 0.5) is 5.82 Å². The number of aliphatic hydroxyl groups excluding tert-OH is 1. The molecule has 2 amide bonds. The maximum Gasteiger partial charge on any atom is 0.251 e. The van der Waals surface area contributed by atoms with Crippen LogP contribution in [0.15, 0.2) is 12.1 Å². The SMILES string of the molecule is CCCCNC(=O)C(C)CC(O)[C@@H]1C[C@H](C)CCCCCCCNc2cc(cc(OCC)n2)C(=O)N1. The van der Waals surface area contributed by atoms with Crippen molar-refractivity contribution in [3.63, 3.8) is 0 Å². The first-order chi connectivity index (χ1) is 17.3. The Bertz CT molecular complexity index is 804. The maximum atomic E-state index is 13.3. The second kappa shape index (κ2) is 16.4. The van der Waals surface area contributed by atoms with Gasteiger partial charge in [0, 0.05) is 30.6 Å². The number of nitrogens with zero attached hydrogens (tertiary/aromatic N) is 1. The highest BCUT2D eigenvalue weighted by Gasteiger charge is 2.28. The van der Waals surface area contributed by atoms with E-state index in [0.29, 0.717) is 49.2 Å². The average molecular weight is 505 g/mol. The topological polar surface area (TPSA) is 113 Å². The lowest BCUT2D eigenvalue weighted by molar-refractivity contribution is -0.125. The van der Waals surface area contributed by atoms with Gasteiger partial charge >= 0.3 is 0 Å². The lowest BCUT2D eigenvalue weighted by atomic mass is 9.89. The van der Waals surface area contributed by atoms with Crippen molar-refractivity contribution in [2.24, 2.45) is 11.8 Å². The zero-order valence-electron chi connectivity index (χ0n) is 22.8. The number of nitrogens with one attached hydrogen (secondary N) is 3. The molecular formula is C28H48N4O4. The van der Waals surface area contributed by atoms with E-state index in [1.807, 2.05) is 13.8 Å². The molecule has 2 rings (SSSR count). The molecule has 0 fully saturated rings. The second-order valence-corrected chi connectivity index (χ2v) is 10.3. The van der Waals surface area contributed by atoms with E-state index in [1.165, 1.54) is 12.8 Å². The van der Waals surface area contributed by atoms with Crippen molar-refractivity contribution in [3.8, 4) is 5.88 Å². The Morgan fingerprint density at radius 1 is 1.22 bits per heavy atom. The minimum absolute atomic E-state index is 0.0544. The van der Waals surface area contributed by atoms with Gasteiger partial charge in [0.15, 0.2) is 0 Å². The van der Waals surface area contributed by atoms with E-state index in [9.17, 15) is 14.7 Å². The van der Waals surface area contributed by atoms with Crippen LogP contribution in [0.5, 0.6) is 5.88 Å². The number of anilines is 1. The Hall–Kier alpha value is -2.35.